The van der Waals surface area contributed by atoms with Gasteiger partial charge in [-0.3, -0.25) is 4.79 Å². The van der Waals surface area contributed by atoms with Crippen LogP contribution in [0.25, 0.3) is 0 Å². The first kappa shape index (κ1) is 21.8. The van der Waals surface area contributed by atoms with Gasteiger partial charge in [-0.2, -0.15) is 0 Å². The fourth-order valence-corrected chi connectivity index (χ4v) is 3.82. The van der Waals surface area contributed by atoms with E-state index in [9.17, 15) is 9.18 Å². The van der Waals surface area contributed by atoms with Gasteiger partial charge in [0.2, 0.25) is 0 Å². The molecule has 8 heteroatoms. The molecular weight excluding hydrogens is 384 g/mol. The number of carbonyl (C=O) groups is 1. The lowest BCUT2D eigenvalue weighted by molar-refractivity contribution is 0.0898. The van der Waals surface area contributed by atoms with Crippen LogP contribution in [0.1, 0.15) is 46.7 Å². The van der Waals surface area contributed by atoms with Crippen molar-refractivity contribution in [3.8, 4) is 0 Å². The van der Waals surface area contributed by atoms with Crippen LogP contribution in [0.5, 0.6) is 0 Å². The average Bonchev–Trinajstić information content (AvgIpc) is 3.20. The van der Waals surface area contributed by atoms with Gasteiger partial charge in [0.25, 0.3) is 5.91 Å². The number of benzene rings is 1. The van der Waals surface area contributed by atoms with E-state index in [0.29, 0.717) is 18.7 Å². The summed E-state index contributed by atoms with van der Waals surface area (Å²) in [4.78, 5) is 16.8. The lowest BCUT2D eigenvalue weighted by Crippen LogP contribution is -2.51. The molecule has 1 heterocycles. The maximum absolute atomic E-state index is 12.9. The maximum Gasteiger partial charge on any atom is 0.271 e. The van der Waals surface area contributed by atoms with Gasteiger partial charge in [0.15, 0.2) is 0 Å². The fourth-order valence-electron chi connectivity index (χ4n) is 3.01. The first-order valence-electron chi connectivity index (χ1n) is 7.82. The van der Waals surface area contributed by atoms with Gasteiger partial charge >= 0.3 is 0 Å². The second-order valence-electron chi connectivity index (χ2n) is 6.08. The fraction of sp³-hybridized carbons (Fsp3) is 0.412. The van der Waals surface area contributed by atoms with Crippen molar-refractivity contribution < 1.29 is 9.18 Å². The standard InChI is InChI=1S/C17H20FN3OS.2ClH/c18-13-5-3-12(4-6-13)9-15-20-14(10-23-15)16(22)21-17(11-19)7-1-2-8-17;;/h3-6,10H,1-2,7-9,11,19H2,(H,21,22);2*1H. The minimum absolute atomic E-state index is 0. The van der Waals surface area contributed by atoms with Gasteiger partial charge in [-0.05, 0) is 30.5 Å². The number of carbonyl (C=O) groups excluding carboxylic acids is 1. The van der Waals surface area contributed by atoms with E-state index in [4.69, 9.17) is 5.73 Å². The summed E-state index contributed by atoms with van der Waals surface area (Å²) < 4.78 is 12.9. The maximum atomic E-state index is 12.9. The van der Waals surface area contributed by atoms with Crippen LogP contribution in [0.3, 0.4) is 0 Å². The average molecular weight is 406 g/mol. The Hall–Kier alpha value is -1.21. The Morgan fingerprint density at radius 1 is 1.24 bits per heavy atom. The minimum Gasteiger partial charge on any atom is -0.344 e. The third-order valence-corrected chi connectivity index (χ3v) is 5.23. The van der Waals surface area contributed by atoms with Crippen molar-refractivity contribution in [2.45, 2.75) is 37.6 Å². The molecule has 1 aromatic heterocycles. The highest BCUT2D eigenvalue weighted by atomic mass is 35.5. The number of nitrogens with one attached hydrogen (secondary N) is 1. The summed E-state index contributed by atoms with van der Waals surface area (Å²) >= 11 is 1.44. The van der Waals surface area contributed by atoms with Crippen molar-refractivity contribution in [2.24, 2.45) is 5.73 Å². The quantitative estimate of drug-likeness (QED) is 0.796. The molecule has 1 aliphatic rings. The number of rotatable bonds is 5. The van der Waals surface area contributed by atoms with E-state index in [2.05, 4.69) is 10.3 Å². The van der Waals surface area contributed by atoms with Crippen LogP contribution in [0.15, 0.2) is 29.6 Å². The van der Waals surface area contributed by atoms with Crippen LogP contribution < -0.4 is 11.1 Å². The monoisotopic (exact) mass is 405 g/mol. The molecule has 0 radical (unpaired) electrons. The second-order valence-corrected chi connectivity index (χ2v) is 7.02. The number of thiazole rings is 1. The minimum atomic E-state index is -0.266. The molecule has 1 aromatic carbocycles. The normalized spacial score (nSPS) is 15.1. The number of hydrogen-bond acceptors (Lipinski definition) is 4. The summed E-state index contributed by atoms with van der Waals surface area (Å²) in [6.45, 7) is 0.464. The molecule has 138 valence electrons. The highest BCUT2D eigenvalue weighted by molar-refractivity contribution is 7.09. The zero-order valence-corrected chi connectivity index (χ0v) is 16.1. The smallest absolute Gasteiger partial charge is 0.271 e. The van der Waals surface area contributed by atoms with Crippen LogP contribution in [0.4, 0.5) is 4.39 Å². The van der Waals surface area contributed by atoms with E-state index in [-0.39, 0.29) is 42.1 Å². The van der Waals surface area contributed by atoms with Crippen LogP contribution >= 0.6 is 36.2 Å². The van der Waals surface area contributed by atoms with Crippen LogP contribution in [0.2, 0.25) is 0 Å². The molecule has 25 heavy (non-hydrogen) atoms. The molecule has 1 aliphatic carbocycles. The molecule has 1 fully saturated rings. The second kappa shape index (κ2) is 9.48. The Morgan fingerprint density at radius 2 is 1.88 bits per heavy atom. The first-order valence-corrected chi connectivity index (χ1v) is 8.70. The lowest BCUT2D eigenvalue weighted by atomic mass is 9.98. The van der Waals surface area contributed by atoms with Gasteiger partial charge in [-0.1, -0.05) is 25.0 Å². The Balaban J connectivity index is 0.00000156. The summed E-state index contributed by atoms with van der Waals surface area (Å²) in [5.41, 5.74) is 7.00. The van der Waals surface area contributed by atoms with E-state index in [1.165, 1.54) is 23.5 Å². The van der Waals surface area contributed by atoms with Crippen molar-refractivity contribution in [3.63, 3.8) is 0 Å². The largest absolute Gasteiger partial charge is 0.344 e. The molecule has 0 atom stereocenters. The van der Waals surface area contributed by atoms with E-state index >= 15 is 0 Å². The van der Waals surface area contributed by atoms with E-state index in [0.717, 1.165) is 36.3 Å². The van der Waals surface area contributed by atoms with Crippen LogP contribution in [-0.4, -0.2) is 23.0 Å². The van der Waals surface area contributed by atoms with Crippen molar-refractivity contribution in [3.05, 3.63) is 51.7 Å². The summed E-state index contributed by atoms with van der Waals surface area (Å²) in [5.74, 6) is -0.407. The van der Waals surface area contributed by atoms with Gasteiger partial charge in [0, 0.05) is 18.3 Å². The SMILES string of the molecule is Cl.Cl.NCC1(NC(=O)c2csc(Cc3ccc(F)cc3)n2)CCCC1. The molecule has 1 amide bonds. The van der Waals surface area contributed by atoms with E-state index in [1.54, 1.807) is 17.5 Å². The lowest BCUT2D eigenvalue weighted by Gasteiger charge is -2.28. The molecule has 0 aliphatic heterocycles. The molecule has 2 aromatic rings. The molecule has 1 saturated carbocycles. The highest BCUT2D eigenvalue weighted by Crippen LogP contribution is 2.29. The molecule has 4 nitrogen and oxygen atoms in total. The summed E-state index contributed by atoms with van der Waals surface area (Å²) in [5, 5.41) is 5.69. The predicted molar refractivity (Wildman–Crippen MR) is 104 cm³/mol. The zero-order valence-electron chi connectivity index (χ0n) is 13.7. The van der Waals surface area contributed by atoms with E-state index < -0.39 is 0 Å². The van der Waals surface area contributed by atoms with Crippen molar-refractivity contribution >= 4 is 42.1 Å². The number of aromatic nitrogens is 1. The van der Waals surface area contributed by atoms with Gasteiger partial charge in [0.1, 0.15) is 11.5 Å². The van der Waals surface area contributed by atoms with Crippen molar-refractivity contribution in [1.82, 2.24) is 10.3 Å². The molecule has 0 unspecified atom stereocenters. The topological polar surface area (TPSA) is 68.0 Å². The number of hydrogen-bond donors (Lipinski definition) is 2. The number of amides is 1. The Labute approximate surface area is 163 Å². The predicted octanol–water partition coefficient (Wildman–Crippen LogP) is 3.72. The van der Waals surface area contributed by atoms with Gasteiger partial charge in [0.05, 0.1) is 10.5 Å². The van der Waals surface area contributed by atoms with Gasteiger partial charge in [-0.25, -0.2) is 9.37 Å². The third kappa shape index (κ3) is 5.38. The molecule has 0 saturated heterocycles. The molecule has 3 N–H and O–H groups in total. The Kier molecular flexibility index (Phi) is 8.28. The van der Waals surface area contributed by atoms with E-state index in [1.807, 2.05) is 0 Å². The Bertz CT molecular complexity index is 687. The van der Waals surface area contributed by atoms with Crippen LogP contribution in [-0.2, 0) is 6.42 Å². The van der Waals surface area contributed by atoms with Crippen molar-refractivity contribution in [2.75, 3.05) is 6.54 Å². The Morgan fingerprint density at radius 3 is 2.48 bits per heavy atom. The van der Waals surface area contributed by atoms with Gasteiger partial charge in [-0.15, -0.1) is 36.2 Å². The van der Waals surface area contributed by atoms with Crippen LogP contribution in [0, 0.1) is 5.82 Å². The number of nitrogens with two attached hydrogens (primary N) is 1. The number of nitrogens with zero attached hydrogens (tertiary/aromatic N) is 1. The summed E-state index contributed by atoms with van der Waals surface area (Å²) in [7, 11) is 0. The summed E-state index contributed by atoms with van der Waals surface area (Å²) in [6, 6.07) is 6.33. The molecule has 3 rings (SSSR count). The molecule has 0 bridgehead atoms. The summed E-state index contributed by atoms with van der Waals surface area (Å²) in [6.07, 6.45) is 4.67. The first-order chi connectivity index (χ1) is 11.1. The zero-order chi connectivity index (χ0) is 16.3. The number of halogens is 3. The highest BCUT2D eigenvalue weighted by Gasteiger charge is 2.34. The molecular formula is C17H22Cl2FN3OS. The molecule has 0 spiro atoms. The third-order valence-electron chi connectivity index (χ3n) is 4.38. The van der Waals surface area contributed by atoms with Crippen molar-refractivity contribution in [1.29, 1.82) is 0 Å². The van der Waals surface area contributed by atoms with Gasteiger partial charge < -0.3 is 11.1 Å².